The monoisotopic (exact) mass is 321 g/mol. The Morgan fingerprint density at radius 3 is 2.35 bits per heavy atom. The van der Waals surface area contributed by atoms with Crippen molar-refractivity contribution in [2.24, 2.45) is 5.92 Å². The molecule has 0 aromatic heterocycles. The van der Waals surface area contributed by atoms with Crippen molar-refractivity contribution in [1.29, 1.82) is 0 Å². The standard InChI is InChI=1S/C17H27N3O3/c1-2-3-4-15(21)18-7-9-19(10-8-18)17(23)13-11-16(22)20(12-13)14-5-6-14/h13-14H,2-12H2,1H3. The summed E-state index contributed by atoms with van der Waals surface area (Å²) < 4.78 is 0. The first kappa shape index (κ1) is 16.3. The SMILES string of the molecule is CCCCC(=O)N1CCN(C(=O)C2CC(=O)N(C3CC3)C2)CC1. The summed E-state index contributed by atoms with van der Waals surface area (Å²) in [6, 6.07) is 0.397. The van der Waals surface area contributed by atoms with Crippen molar-refractivity contribution in [3.8, 4) is 0 Å². The van der Waals surface area contributed by atoms with Gasteiger partial charge in [0, 0.05) is 51.6 Å². The predicted molar refractivity (Wildman–Crippen MR) is 85.5 cm³/mol. The summed E-state index contributed by atoms with van der Waals surface area (Å²) in [5, 5.41) is 0. The average Bonchev–Trinajstić information content (AvgIpc) is 3.34. The van der Waals surface area contributed by atoms with Crippen molar-refractivity contribution in [3.63, 3.8) is 0 Å². The van der Waals surface area contributed by atoms with Crippen molar-refractivity contribution in [2.75, 3.05) is 32.7 Å². The van der Waals surface area contributed by atoms with Gasteiger partial charge in [-0.15, -0.1) is 0 Å². The van der Waals surface area contributed by atoms with E-state index in [4.69, 9.17) is 0 Å². The molecule has 1 saturated carbocycles. The maximum absolute atomic E-state index is 12.6. The fraction of sp³-hybridized carbons (Fsp3) is 0.824. The van der Waals surface area contributed by atoms with E-state index in [1.165, 1.54) is 0 Å². The number of nitrogens with zero attached hydrogens (tertiary/aromatic N) is 3. The van der Waals surface area contributed by atoms with Crippen molar-refractivity contribution >= 4 is 17.7 Å². The van der Waals surface area contributed by atoms with Crippen LogP contribution in [0.3, 0.4) is 0 Å². The zero-order chi connectivity index (χ0) is 16.4. The Labute approximate surface area is 137 Å². The number of likely N-dealkylation sites (tertiary alicyclic amines) is 1. The lowest BCUT2D eigenvalue weighted by Gasteiger charge is -2.36. The first-order valence-electron chi connectivity index (χ1n) is 8.96. The van der Waals surface area contributed by atoms with Crippen LogP contribution in [0.1, 0.15) is 45.4 Å². The molecule has 1 aliphatic carbocycles. The summed E-state index contributed by atoms with van der Waals surface area (Å²) in [5.41, 5.74) is 0. The number of piperazine rings is 1. The maximum Gasteiger partial charge on any atom is 0.228 e. The molecule has 0 aromatic rings. The summed E-state index contributed by atoms with van der Waals surface area (Å²) in [6.07, 6.45) is 5.11. The van der Waals surface area contributed by atoms with Gasteiger partial charge in [0.25, 0.3) is 0 Å². The zero-order valence-electron chi connectivity index (χ0n) is 14.0. The van der Waals surface area contributed by atoms with Crippen LogP contribution in [0, 0.1) is 5.92 Å². The van der Waals surface area contributed by atoms with Gasteiger partial charge >= 0.3 is 0 Å². The number of hydrogen-bond acceptors (Lipinski definition) is 3. The smallest absolute Gasteiger partial charge is 0.228 e. The van der Waals surface area contributed by atoms with Crippen molar-refractivity contribution in [2.45, 2.75) is 51.5 Å². The Kier molecular flexibility index (Phi) is 4.87. The largest absolute Gasteiger partial charge is 0.339 e. The molecule has 2 saturated heterocycles. The highest BCUT2D eigenvalue weighted by Crippen LogP contribution is 2.33. The number of amides is 3. The Balaban J connectivity index is 1.47. The Hall–Kier alpha value is -1.59. The number of rotatable bonds is 5. The second kappa shape index (κ2) is 6.89. The van der Waals surface area contributed by atoms with E-state index < -0.39 is 0 Å². The van der Waals surface area contributed by atoms with Gasteiger partial charge in [-0.25, -0.2) is 0 Å². The van der Waals surface area contributed by atoms with Gasteiger partial charge in [0.05, 0.1) is 5.92 Å². The third kappa shape index (κ3) is 3.67. The summed E-state index contributed by atoms with van der Waals surface area (Å²) in [6.45, 7) is 5.13. The van der Waals surface area contributed by atoms with E-state index in [2.05, 4.69) is 6.92 Å². The van der Waals surface area contributed by atoms with Crippen molar-refractivity contribution in [3.05, 3.63) is 0 Å². The van der Waals surface area contributed by atoms with E-state index in [9.17, 15) is 14.4 Å². The molecule has 6 heteroatoms. The minimum atomic E-state index is -0.176. The second-order valence-electron chi connectivity index (χ2n) is 6.99. The average molecular weight is 321 g/mol. The molecule has 0 spiro atoms. The molecule has 3 fully saturated rings. The van der Waals surface area contributed by atoms with E-state index in [1.54, 1.807) is 0 Å². The van der Waals surface area contributed by atoms with E-state index in [-0.39, 0.29) is 23.6 Å². The number of carbonyl (C=O) groups is 3. The summed E-state index contributed by atoms with van der Waals surface area (Å²) in [5.74, 6) is 0.265. The van der Waals surface area contributed by atoms with Crippen LogP contribution in [-0.4, -0.2) is 71.2 Å². The lowest BCUT2D eigenvalue weighted by molar-refractivity contribution is -0.142. The van der Waals surface area contributed by atoms with Gasteiger partial charge in [0.15, 0.2) is 0 Å². The van der Waals surface area contributed by atoms with Gasteiger partial charge in [-0.3, -0.25) is 14.4 Å². The highest BCUT2D eigenvalue weighted by Gasteiger charge is 2.43. The highest BCUT2D eigenvalue weighted by molar-refractivity contribution is 5.89. The maximum atomic E-state index is 12.6. The molecule has 23 heavy (non-hydrogen) atoms. The molecule has 0 bridgehead atoms. The Morgan fingerprint density at radius 1 is 1.09 bits per heavy atom. The van der Waals surface area contributed by atoms with Crippen LogP contribution >= 0.6 is 0 Å². The normalized spacial score (nSPS) is 25.2. The molecule has 2 heterocycles. The topological polar surface area (TPSA) is 60.9 Å². The van der Waals surface area contributed by atoms with Gasteiger partial charge in [-0.1, -0.05) is 13.3 Å². The first-order chi connectivity index (χ1) is 11.1. The summed E-state index contributed by atoms with van der Waals surface area (Å²) in [4.78, 5) is 42.3. The third-order valence-corrected chi connectivity index (χ3v) is 5.18. The summed E-state index contributed by atoms with van der Waals surface area (Å²) >= 11 is 0. The molecule has 6 nitrogen and oxygen atoms in total. The van der Waals surface area contributed by atoms with Crippen molar-refractivity contribution in [1.82, 2.24) is 14.7 Å². The number of unbranched alkanes of at least 4 members (excludes halogenated alkanes) is 1. The van der Waals surface area contributed by atoms with Crippen LogP contribution in [0.15, 0.2) is 0 Å². The van der Waals surface area contributed by atoms with Crippen LogP contribution in [0.5, 0.6) is 0 Å². The predicted octanol–water partition coefficient (Wildman–Crippen LogP) is 0.858. The highest BCUT2D eigenvalue weighted by atomic mass is 16.2. The van der Waals surface area contributed by atoms with Gasteiger partial charge in [0.2, 0.25) is 17.7 Å². The van der Waals surface area contributed by atoms with Crippen LogP contribution in [-0.2, 0) is 14.4 Å². The Morgan fingerprint density at radius 2 is 1.74 bits per heavy atom. The Bertz CT molecular complexity index is 481. The lowest BCUT2D eigenvalue weighted by Crippen LogP contribution is -2.52. The fourth-order valence-electron chi connectivity index (χ4n) is 3.56. The zero-order valence-corrected chi connectivity index (χ0v) is 14.0. The first-order valence-corrected chi connectivity index (χ1v) is 8.96. The fourth-order valence-corrected chi connectivity index (χ4v) is 3.56. The minimum Gasteiger partial charge on any atom is -0.339 e. The quantitative estimate of drug-likeness (QED) is 0.754. The second-order valence-corrected chi connectivity index (χ2v) is 6.99. The van der Waals surface area contributed by atoms with E-state index in [0.29, 0.717) is 51.6 Å². The van der Waals surface area contributed by atoms with Gasteiger partial charge in [0.1, 0.15) is 0 Å². The van der Waals surface area contributed by atoms with Crippen LogP contribution in [0.25, 0.3) is 0 Å². The van der Waals surface area contributed by atoms with Crippen molar-refractivity contribution < 1.29 is 14.4 Å². The molecule has 0 aromatic carbocycles. The molecule has 0 N–H and O–H groups in total. The van der Waals surface area contributed by atoms with Gasteiger partial charge in [-0.05, 0) is 19.3 Å². The number of hydrogen-bond donors (Lipinski definition) is 0. The molecule has 2 aliphatic heterocycles. The molecule has 3 rings (SSSR count). The van der Waals surface area contributed by atoms with Gasteiger partial charge < -0.3 is 14.7 Å². The molecule has 1 unspecified atom stereocenters. The van der Waals surface area contributed by atoms with Crippen LogP contribution in [0.4, 0.5) is 0 Å². The molecule has 0 radical (unpaired) electrons. The van der Waals surface area contributed by atoms with E-state index in [1.807, 2.05) is 14.7 Å². The minimum absolute atomic E-state index is 0.0992. The molecule has 3 amide bonds. The number of carbonyl (C=O) groups excluding carboxylic acids is 3. The van der Waals surface area contributed by atoms with Gasteiger partial charge in [-0.2, -0.15) is 0 Å². The van der Waals surface area contributed by atoms with E-state index in [0.717, 1.165) is 25.7 Å². The van der Waals surface area contributed by atoms with Crippen LogP contribution in [0.2, 0.25) is 0 Å². The molecular weight excluding hydrogens is 294 g/mol. The lowest BCUT2D eigenvalue weighted by atomic mass is 10.1. The molecule has 3 aliphatic rings. The third-order valence-electron chi connectivity index (χ3n) is 5.18. The van der Waals surface area contributed by atoms with E-state index >= 15 is 0 Å². The molecule has 1 atom stereocenters. The molecule has 128 valence electrons. The van der Waals surface area contributed by atoms with Crippen LogP contribution < -0.4 is 0 Å². The summed E-state index contributed by atoms with van der Waals surface area (Å²) in [7, 11) is 0. The molecular formula is C17H27N3O3.